The Labute approximate surface area is 95.2 Å². The fourth-order valence-corrected chi connectivity index (χ4v) is 1.09. The maximum absolute atomic E-state index is 11.2. The molecule has 0 spiro atoms. The first-order valence-electron chi connectivity index (χ1n) is 3.75. The Morgan fingerprint density at radius 3 is 1.61 bits per heavy atom. The van der Waals surface area contributed by atoms with E-state index < -0.39 is 43.4 Å². The summed E-state index contributed by atoms with van der Waals surface area (Å²) < 4.78 is 0. The second-order valence-corrected chi connectivity index (χ2v) is 2.69. The van der Waals surface area contributed by atoms with Gasteiger partial charge in [0, 0.05) is 0 Å². The van der Waals surface area contributed by atoms with Gasteiger partial charge in [-0.15, -0.1) is 0 Å². The van der Waals surface area contributed by atoms with Crippen LogP contribution in [0.5, 0.6) is 0 Å². The molecule has 12 heteroatoms. The van der Waals surface area contributed by atoms with E-state index in [0.717, 1.165) is 0 Å². The highest BCUT2D eigenvalue weighted by Crippen LogP contribution is 2.20. The first-order chi connectivity index (χ1) is 7.77. The molecule has 0 amide bonds. The Balaban J connectivity index is 0.00000289. The summed E-state index contributed by atoms with van der Waals surface area (Å²) in [7, 11) is 0. The minimum atomic E-state index is -1.77. The van der Waals surface area contributed by atoms with Crippen LogP contribution < -0.4 is 0 Å². The average Bonchev–Trinajstić information content (AvgIpc) is 2.18. The van der Waals surface area contributed by atoms with E-state index in [1.54, 1.807) is 0 Å². The van der Waals surface area contributed by atoms with Crippen molar-refractivity contribution in [2.45, 2.75) is 0 Å². The van der Waals surface area contributed by atoms with Crippen molar-refractivity contribution in [3.63, 3.8) is 0 Å². The van der Waals surface area contributed by atoms with Gasteiger partial charge in [-0.2, -0.15) is 0 Å². The number of Topliss-reactive ketones (excluding diaryl/α,β-unsaturated/α-hetero) is 1. The first kappa shape index (κ1) is 14.9. The summed E-state index contributed by atoms with van der Waals surface area (Å²) in [5.74, 6) is -3.33. The van der Waals surface area contributed by atoms with E-state index in [-0.39, 0.29) is 10.8 Å². The highest BCUT2D eigenvalue weighted by atomic mass is 19.0. The monoisotopic (exact) mass is 263 g/mol. The van der Waals surface area contributed by atoms with Crippen molar-refractivity contribution < 1.29 is 29.1 Å². The van der Waals surface area contributed by atoms with Crippen LogP contribution in [0.25, 0.3) is 0 Å². The number of hydrogen-bond acceptors (Lipinski definition) is 8. The highest BCUT2D eigenvalue weighted by molar-refractivity contribution is 6.19. The number of rotatable bonds is 3. The summed E-state index contributed by atoms with van der Waals surface area (Å²) in [6, 6.07) is 0. The second kappa shape index (κ2) is 4.86. The smallest absolute Gasteiger partial charge is 0.282 e. The lowest BCUT2D eigenvalue weighted by atomic mass is 10.0. The third kappa shape index (κ3) is 2.21. The van der Waals surface area contributed by atoms with E-state index >= 15 is 0 Å². The number of carbonyl (C=O) groups excluding carboxylic acids is 2. The van der Waals surface area contributed by atoms with Gasteiger partial charge < -0.3 is 0 Å². The summed E-state index contributed by atoms with van der Waals surface area (Å²) in [4.78, 5) is 49.1. The minimum absolute atomic E-state index is 0. The summed E-state index contributed by atoms with van der Waals surface area (Å²) in [5.41, 5.74) is -4.65. The van der Waals surface area contributed by atoms with Gasteiger partial charge in [-0.3, -0.25) is 44.6 Å². The predicted molar refractivity (Wildman–Crippen MR) is 48.6 cm³/mol. The number of carbonyl (C=O) groups is 2. The molecule has 0 unspecified atom stereocenters. The molecule has 0 atom stereocenters. The third-order valence-electron chi connectivity index (χ3n) is 1.74. The Hall–Kier alpha value is -3.05. The third-order valence-corrected chi connectivity index (χ3v) is 1.74. The van der Waals surface area contributed by atoms with Crippen molar-refractivity contribution >= 4 is 11.6 Å². The number of allylic oxidation sites excluding steroid dienone is 1. The van der Waals surface area contributed by atoms with Crippen molar-refractivity contribution in [2.24, 2.45) is 0 Å². The van der Waals surface area contributed by atoms with Gasteiger partial charge >= 0.3 is 22.9 Å². The summed E-state index contributed by atoms with van der Waals surface area (Å²) in [5, 5.41) is 31.1. The van der Waals surface area contributed by atoms with Crippen LogP contribution in [0.15, 0.2) is 23.2 Å². The molecule has 0 aromatic rings. The maximum Gasteiger partial charge on any atom is 0.404 e. The molecule has 1 rings (SSSR count). The van der Waals surface area contributed by atoms with E-state index in [9.17, 15) is 39.9 Å². The second-order valence-electron chi connectivity index (χ2n) is 2.69. The van der Waals surface area contributed by atoms with E-state index in [1.165, 1.54) is 0 Å². The lowest BCUT2D eigenvalue weighted by Gasteiger charge is -2.02. The molecule has 0 saturated heterocycles. The first-order valence-corrected chi connectivity index (χ1v) is 3.75. The van der Waals surface area contributed by atoms with Crippen LogP contribution in [0.1, 0.15) is 0 Å². The van der Waals surface area contributed by atoms with Crippen molar-refractivity contribution in [3.8, 4) is 0 Å². The van der Waals surface area contributed by atoms with Crippen LogP contribution in [0.3, 0.4) is 0 Å². The molecule has 0 aromatic carbocycles. The summed E-state index contributed by atoms with van der Waals surface area (Å²) >= 11 is 0. The van der Waals surface area contributed by atoms with Gasteiger partial charge in [-0.25, -0.2) is 0 Å². The molecule has 1 aliphatic rings. The van der Waals surface area contributed by atoms with Gasteiger partial charge in [0.2, 0.25) is 0 Å². The minimum Gasteiger partial charge on any atom is -0.282 e. The fourth-order valence-electron chi connectivity index (χ4n) is 1.09. The Kier molecular flexibility index (Phi) is 4.03. The molecule has 0 bridgehead atoms. The fraction of sp³-hybridized carbons (Fsp3) is 0. The Bertz CT molecular complexity index is 547. The molecule has 0 radical (unpaired) electrons. The Morgan fingerprint density at radius 2 is 1.28 bits per heavy atom. The molecule has 18 heavy (non-hydrogen) atoms. The molecule has 0 saturated carbocycles. The van der Waals surface area contributed by atoms with Crippen molar-refractivity contribution in [2.75, 3.05) is 0 Å². The number of nitro groups is 3. The topological polar surface area (TPSA) is 164 Å². The molecule has 0 aromatic heterocycles. The van der Waals surface area contributed by atoms with Crippen LogP contribution in [0, 0.1) is 30.3 Å². The zero-order valence-corrected chi connectivity index (χ0v) is 8.09. The van der Waals surface area contributed by atoms with Gasteiger partial charge in [0.1, 0.15) is 0 Å². The van der Waals surface area contributed by atoms with Crippen LogP contribution in [-0.2, 0) is 9.59 Å². The normalized spacial score (nSPS) is 14.8. The van der Waals surface area contributed by atoms with Gasteiger partial charge in [0.05, 0.1) is 20.8 Å². The molecular weight excluding hydrogens is 261 g/mol. The zero-order chi connectivity index (χ0) is 13.3. The van der Waals surface area contributed by atoms with Crippen molar-refractivity contribution in [1.82, 2.24) is 0 Å². The molecule has 0 N–H and O–H groups in total. The maximum atomic E-state index is 11.2. The van der Waals surface area contributed by atoms with E-state index in [1.807, 2.05) is 0 Å². The largest absolute Gasteiger partial charge is 0.404 e. The highest BCUT2D eigenvalue weighted by Gasteiger charge is 2.50. The number of hydrogen-bond donors (Lipinski definition) is 0. The van der Waals surface area contributed by atoms with Crippen molar-refractivity contribution in [1.29, 1.82) is 0 Å². The molecule has 11 nitrogen and oxygen atoms in total. The molecule has 96 valence electrons. The SMILES string of the molecule is F.O=C1C=C([N+](=O)[O-])C(=O)C([N+](=O)[O-])=C1[N+](=O)[O-]. The average molecular weight is 263 g/mol. The standard InChI is InChI=1S/C6HN3O8.FH/c10-3-1-2(7(12)13)6(11)5(9(16)17)4(3)8(14)15;/h1H;1H. The van der Waals surface area contributed by atoms with Gasteiger partial charge in [-0.05, 0) is 0 Å². The lowest BCUT2D eigenvalue weighted by molar-refractivity contribution is -0.466. The van der Waals surface area contributed by atoms with Gasteiger partial charge in [-0.1, -0.05) is 0 Å². The lowest BCUT2D eigenvalue weighted by Crippen LogP contribution is -2.30. The van der Waals surface area contributed by atoms with Crippen LogP contribution >= 0.6 is 0 Å². The van der Waals surface area contributed by atoms with Gasteiger partial charge in [0.25, 0.3) is 5.78 Å². The van der Waals surface area contributed by atoms with E-state index in [2.05, 4.69) is 0 Å². The molecule has 0 fully saturated rings. The van der Waals surface area contributed by atoms with Crippen molar-refractivity contribution in [3.05, 3.63) is 53.5 Å². The predicted octanol–water partition coefficient (Wildman–Crippen LogP) is -0.784. The number of halogens is 1. The van der Waals surface area contributed by atoms with E-state index in [0.29, 0.717) is 0 Å². The number of nitrogens with zero attached hydrogens (tertiary/aromatic N) is 3. The van der Waals surface area contributed by atoms with Crippen LogP contribution in [0.4, 0.5) is 4.70 Å². The van der Waals surface area contributed by atoms with Gasteiger partial charge in [0.15, 0.2) is 0 Å². The number of ketones is 2. The van der Waals surface area contributed by atoms with Crippen LogP contribution in [-0.4, -0.2) is 26.3 Å². The molecular formula is C6H2FN3O8. The zero-order valence-electron chi connectivity index (χ0n) is 8.09. The molecule has 0 aliphatic heterocycles. The quantitative estimate of drug-likeness (QED) is 0.363. The summed E-state index contributed by atoms with van der Waals surface area (Å²) in [6.45, 7) is 0. The Morgan fingerprint density at radius 1 is 0.833 bits per heavy atom. The van der Waals surface area contributed by atoms with E-state index in [4.69, 9.17) is 0 Å². The molecule has 1 aliphatic carbocycles. The van der Waals surface area contributed by atoms with Crippen LogP contribution in [0.2, 0.25) is 0 Å². The summed E-state index contributed by atoms with van der Waals surface area (Å²) in [6.07, 6.45) is 0.0907. The molecule has 0 heterocycles.